The van der Waals surface area contributed by atoms with Crippen LogP contribution in [0.5, 0.6) is 0 Å². The number of rotatable bonds is 5. The summed E-state index contributed by atoms with van der Waals surface area (Å²) >= 11 is 0. The molecule has 0 heterocycles. The van der Waals surface area contributed by atoms with Crippen LogP contribution in [0.25, 0.3) is 0 Å². The summed E-state index contributed by atoms with van der Waals surface area (Å²) in [5.41, 5.74) is 5.47. The summed E-state index contributed by atoms with van der Waals surface area (Å²) in [6, 6.07) is 3.11. The molecule has 0 radical (unpaired) electrons. The van der Waals surface area contributed by atoms with Crippen LogP contribution in [0.2, 0.25) is 0 Å². The lowest BCUT2D eigenvalue weighted by Gasteiger charge is -2.29. The van der Waals surface area contributed by atoms with Crippen LogP contribution >= 0.6 is 12.4 Å². The molecule has 2 N–H and O–H groups in total. The zero-order valence-corrected chi connectivity index (χ0v) is 12.8. The van der Waals surface area contributed by atoms with Crippen molar-refractivity contribution < 1.29 is 13.6 Å². The van der Waals surface area contributed by atoms with Crippen molar-refractivity contribution in [3.8, 4) is 0 Å². The third-order valence-electron chi connectivity index (χ3n) is 2.99. The molecule has 0 fully saturated rings. The predicted octanol–water partition coefficient (Wildman–Crippen LogP) is 2.37. The van der Waals surface area contributed by atoms with E-state index in [4.69, 9.17) is 5.73 Å². The van der Waals surface area contributed by atoms with E-state index < -0.39 is 11.6 Å². The van der Waals surface area contributed by atoms with Crippen molar-refractivity contribution in [2.75, 3.05) is 20.1 Å². The standard InChI is InChI=1S/C14H20F2N2O.ClH/c1-14(2,8-17)9-18(3)13(19)7-10-6-11(15)4-5-12(10)16;/h4-6H,7-9,17H2,1-3H3;1H. The topological polar surface area (TPSA) is 46.3 Å². The highest BCUT2D eigenvalue weighted by molar-refractivity contribution is 5.85. The number of hydrogen-bond acceptors (Lipinski definition) is 2. The van der Waals surface area contributed by atoms with Gasteiger partial charge in [-0.2, -0.15) is 0 Å². The maximum absolute atomic E-state index is 13.4. The van der Waals surface area contributed by atoms with Crippen molar-refractivity contribution in [3.63, 3.8) is 0 Å². The zero-order chi connectivity index (χ0) is 14.6. The highest BCUT2D eigenvalue weighted by Crippen LogP contribution is 2.16. The van der Waals surface area contributed by atoms with Crippen LogP contribution in [0.1, 0.15) is 19.4 Å². The van der Waals surface area contributed by atoms with Gasteiger partial charge in [0.1, 0.15) is 11.6 Å². The maximum atomic E-state index is 13.4. The Morgan fingerprint density at radius 2 is 1.95 bits per heavy atom. The molecule has 0 aliphatic rings. The molecule has 0 saturated carbocycles. The van der Waals surface area contributed by atoms with Gasteiger partial charge in [-0.3, -0.25) is 4.79 Å². The molecule has 114 valence electrons. The molecule has 0 bridgehead atoms. The fraction of sp³-hybridized carbons (Fsp3) is 0.500. The van der Waals surface area contributed by atoms with E-state index in [1.165, 1.54) is 4.90 Å². The monoisotopic (exact) mass is 306 g/mol. The van der Waals surface area contributed by atoms with Crippen LogP contribution in [0, 0.1) is 17.0 Å². The SMILES string of the molecule is CN(CC(C)(C)CN)C(=O)Cc1cc(F)ccc1F.Cl. The van der Waals surface area contributed by atoms with Crippen molar-refractivity contribution >= 4 is 18.3 Å². The zero-order valence-electron chi connectivity index (χ0n) is 12.0. The van der Waals surface area contributed by atoms with Gasteiger partial charge in [-0.1, -0.05) is 13.8 Å². The number of nitrogens with zero attached hydrogens (tertiary/aromatic N) is 1. The Labute approximate surface area is 124 Å². The molecular formula is C14H21ClF2N2O. The second-order valence-electron chi connectivity index (χ2n) is 5.53. The summed E-state index contributed by atoms with van der Waals surface area (Å²) in [6.07, 6.45) is -0.152. The summed E-state index contributed by atoms with van der Waals surface area (Å²) in [7, 11) is 1.64. The summed E-state index contributed by atoms with van der Waals surface area (Å²) in [5.74, 6) is -1.37. The first-order valence-corrected chi connectivity index (χ1v) is 6.13. The predicted molar refractivity (Wildman–Crippen MR) is 77.8 cm³/mol. The van der Waals surface area contributed by atoms with Crippen LogP contribution in [-0.4, -0.2) is 30.9 Å². The molecule has 6 heteroatoms. The molecule has 0 saturated heterocycles. The van der Waals surface area contributed by atoms with E-state index in [-0.39, 0.29) is 35.7 Å². The van der Waals surface area contributed by atoms with Crippen molar-refractivity contribution in [2.45, 2.75) is 20.3 Å². The number of halogens is 3. The molecule has 0 aliphatic heterocycles. The lowest BCUT2D eigenvalue weighted by Crippen LogP contribution is -2.40. The summed E-state index contributed by atoms with van der Waals surface area (Å²) in [5, 5.41) is 0. The Bertz CT molecular complexity index is 466. The average molecular weight is 307 g/mol. The molecule has 0 unspecified atom stereocenters. The van der Waals surface area contributed by atoms with E-state index >= 15 is 0 Å². The van der Waals surface area contributed by atoms with Crippen LogP contribution < -0.4 is 5.73 Å². The molecular weight excluding hydrogens is 286 g/mol. The third kappa shape index (κ3) is 5.43. The molecule has 0 aromatic heterocycles. The van der Waals surface area contributed by atoms with Crippen LogP contribution in [0.3, 0.4) is 0 Å². The quantitative estimate of drug-likeness (QED) is 0.908. The molecule has 1 rings (SSSR count). The van der Waals surface area contributed by atoms with Gasteiger partial charge >= 0.3 is 0 Å². The van der Waals surface area contributed by atoms with Gasteiger partial charge in [-0.15, -0.1) is 12.4 Å². The highest BCUT2D eigenvalue weighted by atomic mass is 35.5. The van der Waals surface area contributed by atoms with Crippen molar-refractivity contribution in [1.29, 1.82) is 0 Å². The van der Waals surface area contributed by atoms with E-state index in [9.17, 15) is 13.6 Å². The average Bonchev–Trinajstić information content (AvgIpc) is 2.33. The largest absolute Gasteiger partial charge is 0.345 e. The molecule has 20 heavy (non-hydrogen) atoms. The van der Waals surface area contributed by atoms with Crippen molar-refractivity contribution in [3.05, 3.63) is 35.4 Å². The van der Waals surface area contributed by atoms with Crippen LogP contribution in [-0.2, 0) is 11.2 Å². The van der Waals surface area contributed by atoms with Crippen molar-refractivity contribution in [2.24, 2.45) is 11.1 Å². The lowest BCUT2D eigenvalue weighted by molar-refractivity contribution is -0.130. The lowest BCUT2D eigenvalue weighted by atomic mass is 9.93. The first-order valence-electron chi connectivity index (χ1n) is 6.13. The Hall–Kier alpha value is -1.20. The van der Waals surface area contributed by atoms with Crippen LogP contribution in [0.15, 0.2) is 18.2 Å². The fourth-order valence-electron chi connectivity index (χ4n) is 1.77. The number of amides is 1. The van der Waals surface area contributed by atoms with E-state index in [1.54, 1.807) is 7.05 Å². The summed E-state index contributed by atoms with van der Waals surface area (Å²) in [4.78, 5) is 13.5. The molecule has 0 aliphatic carbocycles. The second-order valence-corrected chi connectivity index (χ2v) is 5.53. The Morgan fingerprint density at radius 3 is 2.50 bits per heavy atom. The van der Waals surface area contributed by atoms with Gasteiger partial charge in [0.15, 0.2) is 0 Å². The first kappa shape index (κ1) is 18.8. The molecule has 0 atom stereocenters. The maximum Gasteiger partial charge on any atom is 0.226 e. The van der Waals surface area contributed by atoms with Gasteiger partial charge in [-0.25, -0.2) is 8.78 Å². The number of carbonyl (C=O) groups is 1. The number of likely N-dealkylation sites (N-methyl/N-ethyl adjacent to an activating group) is 1. The van der Waals surface area contributed by atoms with E-state index in [2.05, 4.69) is 0 Å². The number of carbonyl (C=O) groups excluding carboxylic acids is 1. The number of hydrogen-bond donors (Lipinski definition) is 1. The molecule has 1 aromatic rings. The summed E-state index contributed by atoms with van der Waals surface area (Å²) in [6.45, 7) is 4.80. The minimum absolute atomic E-state index is 0. The van der Waals surface area contributed by atoms with Crippen LogP contribution in [0.4, 0.5) is 8.78 Å². The Morgan fingerprint density at radius 1 is 1.35 bits per heavy atom. The minimum Gasteiger partial charge on any atom is -0.345 e. The van der Waals surface area contributed by atoms with E-state index in [1.807, 2.05) is 13.8 Å². The van der Waals surface area contributed by atoms with Gasteiger partial charge in [0, 0.05) is 19.2 Å². The third-order valence-corrected chi connectivity index (χ3v) is 2.99. The summed E-state index contributed by atoms with van der Waals surface area (Å²) < 4.78 is 26.5. The molecule has 3 nitrogen and oxygen atoms in total. The van der Waals surface area contributed by atoms with Gasteiger partial charge in [0.25, 0.3) is 0 Å². The van der Waals surface area contributed by atoms with Gasteiger partial charge in [0.05, 0.1) is 6.42 Å². The smallest absolute Gasteiger partial charge is 0.226 e. The Balaban J connectivity index is 0.00000361. The number of benzene rings is 1. The van der Waals surface area contributed by atoms with E-state index in [0.717, 1.165) is 18.2 Å². The molecule has 1 amide bonds. The van der Waals surface area contributed by atoms with Crippen molar-refractivity contribution in [1.82, 2.24) is 4.90 Å². The molecule has 1 aromatic carbocycles. The second kappa shape index (κ2) is 7.55. The normalized spacial score (nSPS) is 10.9. The van der Waals surface area contributed by atoms with Gasteiger partial charge in [-0.05, 0) is 30.2 Å². The van der Waals surface area contributed by atoms with Gasteiger partial charge < -0.3 is 10.6 Å². The number of nitrogens with two attached hydrogens (primary N) is 1. The first-order chi connectivity index (χ1) is 8.75. The minimum atomic E-state index is -0.568. The fourth-order valence-corrected chi connectivity index (χ4v) is 1.77. The Kier molecular flexibility index (Phi) is 7.09. The highest BCUT2D eigenvalue weighted by Gasteiger charge is 2.21. The van der Waals surface area contributed by atoms with Gasteiger partial charge in [0.2, 0.25) is 5.91 Å². The van der Waals surface area contributed by atoms with E-state index in [0.29, 0.717) is 13.1 Å². The molecule has 0 spiro atoms.